The molecule has 3 nitrogen and oxygen atoms in total. The largest absolute Gasteiger partial charge is 0.395 e. The van der Waals surface area contributed by atoms with Crippen LogP contribution in [-0.2, 0) is 4.74 Å². The average Bonchev–Trinajstić information content (AvgIpc) is 2.64. The maximum atomic E-state index is 9.39. The Labute approximate surface area is 92.4 Å². The topological polar surface area (TPSA) is 32.7 Å². The maximum absolute atomic E-state index is 9.39. The van der Waals surface area contributed by atoms with E-state index in [1.165, 1.54) is 38.6 Å². The van der Waals surface area contributed by atoms with E-state index in [1.54, 1.807) is 0 Å². The third-order valence-electron chi connectivity index (χ3n) is 3.73. The summed E-state index contributed by atoms with van der Waals surface area (Å²) >= 11 is 0. The summed E-state index contributed by atoms with van der Waals surface area (Å²) in [5, 5.41) is 9.39. The third-order valence-corrected chi connectivity index (χ3v) is 3.73. The molecule has 0 saturated carbocycles. The molecule has 0 radical (unpaired) electrons. The van der Waals surface area contributed by atoms with Gasteiger partial charge < -0.3 is 9.84 Å². The molecule has 0 aromatic heterocycles. The van der Waals surface area contributed by atoms with Crippen LogP contribution in [0.3, 0.4) is 0 Å². The summed E-state index contributed by atoms with van der Waals surface area (Å²) in [7, 11) is 0. The van der Waals surface area contributed by atoms with Crippen molar-refractivity contribution in [3.8, 4) is 0 Å². The summed E-state index contributed by atoms with van der Waals surface area (Å²) in [5.41, 5.74) is 0. The van der Waals surface area contributed by atoms with Crippen molar-refractivity contribution in [2.45, 2.75) is 38.1 Å². The van der Waals surface area contributed by atoms with Gasteiger partial charge in [0.05, 0.1) is 13.2 Å². The molecule has 1 N–H and O–H groups in total. The van der Waals surface area contributed by atoms with Gasteiger partial charge in [0.15, 0.2) is 0 Å². The Morgan fingerprint density at radius 1 is 1.20 bits per heavy atom. The summed E-state index contributed by atoms with van der Waals surface area (Å²) in [6.45, 7) is 4.48. The Kier molecular flexibility index (Phi) is 4.42. The standard InChI is InChI=1S/C12H23NO2/c14-9-12-4-2-1-3-6-13(12)8-11-5-7-15-10-11/h11-12,14H,1-10H2. The Balaban J connectivity index is 1.85. The van der Waals surface area contributed by atoms with E-state index >= 15 is 0 Å². The van der Waals surface area contributed by atoms with Gasteiger partial charge in [-0.2, -0.15) is 0 Å². The lowest BCUT2D eigenvalue weighted by Gasteiger charge is -2.30. The monoisotopic (exact) mass is 213 g/mol. The second-order valence-electron chi connectivity index (χ2n) is 4.91. The fourth-order valence-corrected chi connectivity index (χ4v) is 2.74. The highest BCUT2D eigenvalue weighted by atomic mass is 16.5. The molecule has 88 valence electrons. The van der Waals surface area contributed by atoms with Crippen LogP contribution in [0.2, 0.25) is 0 Å². The van der Waals surface area contributed by atoms with Gasteiger partial charge in [-0.25, -0.2) is 0 Å². The van der Waals surface area contributed by atoms with Crippen LogP contribution in [0.4, 0.5) is 0 Å². The average molecular weight is 213 g/mol. The first kappa shape index (κ1) is 11.4. The first-order valence-electron chi connectivity index (χ1n) is 6.33. The Morgan fingerprint density at radius 3 is 2.87 bits per heavy atom. The van der Waals surface area contributed by atoms with Crippen molar-refractivity contribution in [3.63, 3.8) is 0 Å². The van der Waals surface area contributed by atoms with Gasteiger partial charge in [-0.3, -0.25) is 4.90 Å². The van der Waals surface area contributed by atoms with Gasteiger partial charge in [0.1, 0.15) is 0 Å². The lowest BCUT2D eigenvalue weighted by molar-refractivity contribution is 0.102. The number of rotatable bonds is 3. The summed E-state index contributed by atoms with van der Waals surface area (Å²) in [6.07, 6.45) is 6.28. The van der Waals surface area contributed by atoms with Crippen LogP contribution in [0.5, 0.6) is 0 Å². The van der Waals surface area contributed by atoms with Crippen LogP contribution in [-0.4, -0.2) is 49.0 Å². The minimum absolute atomic E-state index is 0.327. The molecule has 0 amide bonds. The molecule has 2 aliphatic heterocycles. The molecule has 2 rings (SSSR count). The number of nitrogens with zero attached hydrogens (tertiary/aromatic N) is 1. The number of aliphatic hydroxyl groups is 1. The van der Waals surface area contributed by atoms with Crippen molar-refractivity contribution >= 4 is 0 Å². The number of hydrogen-bond acceptors (Lipinski definition) is 3. The van der Waals surface area contributed by atoms with E-state index in [4.69, 9.17) is 4.74 Å². The number of likely N-dealkylation sites (tertiary alicyclic amines) is 1. The highest BCUT2D eigenvalue weighted by Crippen LogP contribution is 2.21. The second-order valence-corrected chi connectivity index (χ2v) is 4.91. The lowest BCUT2D eigenvalue weighted by Crippen LogP contribution is -2.40. The van der Waals surface area contributed by atoms with Crippen LogP contribution >= 0.6 is 0 Å². The molecule has 0 bridgehead atoms. The summed E-state index contributed by atoms with van der Waals surface area (Å²) in [4.78, 5) is 2.49. The number of ether oxygens (including phenoxy) is 1. The van der Waals surface area contributed by atoms with Crippen LogP contribution in [0.1, 0.15) is 32.1 Å². The summed E-state index contributed by atoms with van der Waals surface area (Å²) in [6, 6.07) is 0.410. The predicted octanol–water partition coefficient (Wildman–Crippen LogP) is 1.26. The van der Waals surface area contributed by atoms with Gasteiger partial charge in [0.25, 0.3) is 0 Å². The molecule has 2 aliphatic rings. The fourth-order valence-electron chi connectivity index (χ4n) is 2.74. The molecule has 15 heavy (non-hydrogen) atoms. The van der Waals surface area contributed by atoms with Crippen molar-refractivity contribution < 1.29 is 9.84 Å². The zero-order valence-electron chi connectivity index (χ0n) is 9.53. The van der Waals surface area contributed by atoms with Crippen LogP contribution in [0, 0.1) is 5.92 Å². The van der Waals surface area contributed by atoms with Crippen LogP contribution in [0.15, 0.2) is 0 Å². The zero-order valence-corrected chi connectivity index (χ0v) is 9.53. The minimum atomic E-state index is 0.327. The fraction of sp³-hybridized carbons (Fsp3) is 1.00. The van der Waals surface area contributed by atoms with Gasteiger partial charge in [-0.05, 0) is 31.7 Å². The smallest absolute Gasteiger partial charge is 0.0586 e. The molecular weight excluding hydrogens is 190 g/mol. The lowest BCUT2D eigenvalue weighted by atomic mass is 10.1. The summed E-state index contributed by atoms with van der Waals surface area (Å²) in [5.74, 6) is 0.706. The van der Waals surface area contributed by atoms with E-state index in [-0.39, 0.29) is 0 Å². The molecule has 0 aliphatic carbocycles. The van der Waals surface area contributed by atoms with Gasteiger partial charge in [0.2, 0.25) is 0 Å². The highest BCUT2D eigenvalue weighted by Gasteiger charge is 2.25. The Morgan fingerprint density at radius 2 is 2.13 bits per heavy atom. The molecule has 0 spiro atoms. The molecular formula is C12H23NO2. The molecule has 2 saturated heterocycles. The maximum Gasteiger partial charge on any atom is 0.0586 e. The van der Waals surface area contributed by atoms with Gasteiger partial charge in [-0.1, -0.05) is 12.8 Å². The number of aliphatic hydroxyl groups excluding tert-OH is 1. The first-order valence-corrected chi connectivity index (χ1v) is 6.33. The highest BCUT2D eigenvalue weighted by molar-refractivity contribution is 4.78. The van der Waals surface area contributed by atoms with E-state index in [2.05, 4.69) is 4.90 Å². The van der Waals surface area contributed by atoms with Gasteiger partial charge in [0, 0.05) is 19.2 Å². The van der Waals surface area contributed by atoms with E-state index in [9.17, 15) is 5.11 Å². The van der Waals surface area contributed by atoms with Crippen molar-refractivity contribution in [3.05, 3.63) is 0 Å². The molecule has 2 fully saturated rings. The zero-order chi connectivity index (χ0) is 10.5. The van der Waals surface area contributed by atoms with Crippen molar-refractivity contribution in [2.75, 3.05) is 32.9 Å². The van der Waals surface area contributed by atoms with Crippen molar-refractivity contribution in [1.29, 1.82) is 0 Å². The summed E-state index contributed by atoms with van der Waals surface area (Å²) < 4.78 is 5.41. The minimum Gasteiger partial charge on any atom is -0.395 e. The Hall–Kier alpha value is -0.120. The van der Waals surface area contributed by atoms with Crippen molar-refractivity contribution in [2.24, 2.45) is 5.92 Å². The van der Waals surface area contributed by atoms with Gasteiger partial charge in [-0.15, -0.1) is 0 Å². The van der Waals surface area contributed by atoms with Crippen molar-refractivity contribution in [1.82, 2.24) is 4.90 Å². The van der Waals surface area contributed by atoms with E-state index in [0.717, 1.165) is 19.8 Å². The van der Waals surface area contributed by atoms with E-state index < -0.39 is 0 Å². The molecule has 3 heteroatoms. The first-order chi connectivity index (χ1) is 7.40. The van der Waals surface area contributed by atoms with Crippen LogP contribution < -0.4 is 0 Å². The molecule has 2 unspecified atom stereocenters. The second kappa shape index (κ2) is 5.83. The molecule has 0 aromatic rings. The normalized spacial score (nSPS) is 34.2. The molecule has 2 heterocycles. The predicted molar refractivity (Wildman–Crippen MR) is 59.8 cm³/mol. The quantitative estimate of drug-likeness (QED) is 0.766. The van der Waals surface area contributed by atoms with E-state index in [1.807, 2.05) is 0 Å². The number of hydrogen-bond donors (Lipinski definition) is 1. The molecule has 2 atom stereocenters. The Bertz CT molecular complexity index is 180. The van der Waals surface area contributed by atoms with Gasteiger partial charge >= 0.3 is 0 Å². The molecule has 0 aromatic carbocycles. The van der Waals surface area contributed by atoms with E-state index in [0.29, 0.717) is 18.6 Å². The SMILES string of the molecule is OCC1CCCCCN1CC1CCOC1. The van der Waals surface area contributed by atoms with Crippen LogP contribution in [0.25, 0.3) is 0 Å². The third kappa shape index (κ3) is 3.16.